The van der Waals surface area contributed by atoms with E-state index in [-0.39, 0.29) is 0 Å². The molecule has 0 heterocycles. The molecule has 0 atom stereocenters. The van der Waals surface area contributed by atoms with Crippen LogP contribution in [0.4, 0.5) is 11.4 Å². The van der Waals surface area contributed by atoms with Gasteiger partial charge in [0.2, 0.25) is 0 Å². The Morgan fingerprint density at radius 2 is 2.00 bits per heavy atom. The van der Waals surface area contributed by atoms with Crippen molar-refractivity contribution in [3.63, 3.8) is 0 Å². The Labute approximate surface area is 132 Å². The van der Waals surface area contributed by atoms with Gasteiger partial charge in [-0.05, 0) is 36.8 Å². The van der Waals surface area contributed by atoms with Gasteiger partial charge in [-0.3, -0.25) is 0 Å². The minimum absolute atomic E-state index is 0.370. The number of hydrogen-bond donors (Lipinski definition) is 2. The lowest BCUT2D eigenvalue weighted by Gasteiger charge is -2.13. The summed E-state index contributed by atoms with van der Waals surface area (Å²) in [6.45, 7) is 2.02. The molecular weight excluding hydrogens is 336 g/mol. The van der Waals surface area contributed by atoms with Crippen molar-refractivity contribution in [2.24, 2.45) is 5.73 Å². The first-order valence-corrected chi connectivity index (χ1v) is 7.22. The molecule has 3 nitrogen and oxygen atoms in total. The standard InChI is InChI=1S/C15H15BrN2OS/c1-9-3-4-13(15(17)20)14(5-9)18-11-6-10(16)7-12(8-11)19-2/h3-8,18H,1-2H3,(H2,17,20). The van der Waals surface area contributed by atoms with E-state index < -0.39 is 0 Å². The van der Waals surface area contributed by atoms with Crippen LogP contribution >= 0.6 is 28.1 Å². The van der Waals surface area contributed by atoms with Crippen molar-refractivity contribution in [2.45, 2.75) is 6.92 Å². The molecule has 0 saturated heterocycles. The van der Waals surface area contributed by atoms with Gasteiger partial charge in [0, 0.05) is 27.5 Å². The molecule has 2 aromatic carbocycles. The molecule has 0 bridgehead atoms. The fourth-order valence-electron chi connectivity index (χ4n) is 1.88. The van der Waals surface area contributed by atoms with Crippen LogP contribution in [0, 0.1) is 6.92 Å². The van der Waals surface area contributed by atoms with Gasteiger partial charge in [-0.15, -0.1) is 0 Å². The van der Waals surface area contributed by atoms with Gasteiger partial charge in [0.15, 0.2) is 0 Å². The molecule has 104 valence electrons. The van der Waals surface area contributed by atoms with E-state index in [1.54, 1.807) is 7.11 Å². The van der Waals surface area contributed by atoms with Crippen molar-refractivity contribution in [3.05, 3.63) is 52.0 Å². The fourth-order valence-corrected chi connectivity index (χ4v) is 2.53. The van der Waals surface area contributed by atoms with E-state index in [2.05, 4.69) is 21.2 Å². The van der Waals surface area contributed by atoms with Crippen LogP contribution < -0.4 is 15.8 Å². The molecule has 0 spiro atoms. The lowest BCUT2D eigenvalue weighted by molar-refractivity contribution is 0.415. The zero-order chi connectivity index (χ0) is 14.7. The molecular formula is C15H15BrN2OS. The van der Waals surface area contributed by atoms with Crippen LogP contribution in [0.2, 0.25) is 0 Å². The van der Waals surface area contributed by atoms with E-state index in [0.717, 1.165) is 32.7 Å². The molecule has 0 saturated carbocycles. The zero-order valence-corrected chi connectivity index (χ0v) is 13.6. The molecule has 0 aliphatic heterocycles. The largest absolute Gasteiger partial charge is 0.497 e. The highest BCUT2D eigenvalue weighted by Gasteiger charge is 2.07. The summed E-state index contributed by atoms with van der Waals surface area (Å²) in [5, 5.41) is 3.33. The molecule has 0 unspecified atom stereocenters. The zero-order valence-electron chi connectivity index (χ0n) is 11.2. The number of halogens is 1. The molecule has 5 heteroatoms. The highest BCUT2D eigenvalue weighted by atomic mass is 79.9. The van der Waals surface area contributed by atoms with E-state index in [1.165, 1.54) is 0 Å². The number of thiocarbonyl (C=S) groups is 1. The highest BCUT2D eigenvalue weighted by Crippen LogP contribution is 2.28. The topological polar surface area (TPSA) is 47.3 Å². The van der Waals surface area contributed by atoms with Crippen molar-refractivity contribution in [3.8, 4) is 5.75 Å². The second-order valence-electron chi connectivity index (χ2n) is 4.42. The maximum atomic E-state index is 5.76. The van der Waals surface area contributed by atoms with Gasteiger partial charge in [-0.2, -0.15) is 0 Å². The Kier molecular flexibility index (Phi) is 4.62. The van der Waals surface area contributed by atoms with Crippen LogP contribution in [0.15, 0.2) is 40.9 Å². The van der Waals surface area contributed by atoms with Crippen molar-refractivity contribution in [1.82, 2.24) is 0 Å². The molecule has 20 heavy (non-hydrogen) atoms. The normalized spacial score (nSPS) is 10.2. The first-order valence-electron chi connectivity index (χ1n) is 6.01. The van der Waals surface area contributed by atoms with Gasteiger partial charge in [0.25, 0.3) is 0 Å². The lowest BCUT2D eigenvalue weighted by atomic mass is 10.1. The van der Waals surface area contributed by atoms with E-state index >= 15 is 0 Å². The summed E-state index contributed by atoms with van der Waals surface area (Å²) in [6, 6.07) is 11.7. The van der Waals surface area contributed by atoms with Gasteiger partial charge >= 0.3 is 0 Å². The highest BCUT2D eigenvalue weighted by molar-refractivity contribution is 9.10. The number of ether oxygens (including phenoxy) is 1. The van der Waals surface area contributed by atoms with Gasteiger partial charge in [-0.1, -0.05) is 34.2 Å². The number of hydrogen-bond acceptors (Lipinski definition) is 3. The van der Waals surface area contributed by atoms with Gasteiger partial charge < -0.3 is 15.8 Å². The van der Waals surface area contributed by atoms with Crippen molar-refractivity contribution in [2.75, 3.05) is 12.4 Å². The minimum atomic E-state index is 0.370. The summed E-state index contributed by atoms with van der Waals surface area (Å²) < 4.78 is 6.19. The third-order valence-corrected chi connectivity index (χ3v) is 3.50. The quantitative estimate of drug-likeness (QED) is 0.813. The molecule has 0 aromatic heterocycles. The van der Waals surface area contributed by atoms with Crippen LogP contribution in [-0.2, 0) is 0 Å². The first-order chi connectivity index (χ1) is 9.49. The number of methoxy groups -OCH3 is 1. The second-order valence-corrected chi connectivity index (χ2v) is 5.77. The summed E-state index contributed by atoms with van der Waals surface area (Å²) in [5.41, 5.74) is 9.51. The summed E-state index contributed by atoms with van der Waals surface area (Å²) in [6.07, 6.45) is 0. The minimum Gasteiger partial charge on any atom is -0.497 e. The number of aryl methyl sites for hydroxylation is 1. The smallest absolute Gasteiger partial charge is 0.122 e. The fraction of sp³-hybridized carbons (Fsp3) is 0.133. The number of benzene rings is 2. The van der Waals surface area contributed by atoms with Gasteiger partial charge in [0.1, 0.15) is 10.7 Å². The summed E-state index contributed by atoms with van der Waals surface area (Å²) >= 11 is 8.55. The molecule has 2 aromatic rings. The van der Waals surface area contributed by atoms with Crippen molar-refractivity contribution in [1.29, 1.82) is 0 Å². The molecule has 0 fully saturated rings. The number of anilines is 2. The number of rotatable bonds is 4. The molecule has 0 aliphatic carbocycles. The number of nitrogens with two attached hydrogens (primary N) is 1. The van der Waals surface area contributed by atoms with E-state index in [4.69, 9.17) is 22.7 Å². The van der Waals surface area contributed by atoms with E-state index in [0.29, 0.717) is 4.99 Å². The first kappa shape index (κ1) is 14.8. The Morgan fingerprint density at radius 1 is 1.25 bits per heavy atom. The SMILES string of the molecule is COc1cc(Br)cc(Nc2cc(C)ccc2C(N)=S)c1. The molecule has 0 radical (unpaired) electrons. The van der Waals surface area contributed by atoms with Gasteiger partial charge in [-0.25, -0.2) is 0 Å². The molecule has 0 amide bonds. The second kappa shape index (κ2) is 6.24. The third kappa shape index (κ3) is 3.49. The Hall–Kier alpha value is -1.59. The summed E-state index contributed by atoms with van der Waals surface area (Å²) in [5.74, 6) is 0.770. The predicted octanol–water partition coefficient (Wildman–Crippen LogP) is 4.14. The van der Waals surface area contributed by atoms with E-state index in [9.17, 15) is 0 Å². The van der Waals surface area contributed by atoms with Crippen LogP contribution in [-0.4, -0.2) is 12.1 Å². The third-order valence-electron chi connectivity index (χ3n) is 2.83. The average Bonchev–Trinajstić information content (AvgIpc) is 2.37. The Bertz CT molecular complexity index is 658. The lowest BCUT2D eigenvalue weighted by Crippen LogP contribution is -2.12. The molecule has 0 aliphatic rings. The van der Waals surface area contributed by atoms with Crippen LogP contribution in [0.5, 0.6) is 5.75 Å². The number of nitrogens with one attached hydrogen (secondary N) is 1. The Balaban J connectivity index is 2.41. The Morgan fingerprint density at radius 3 is 2.65 bits per heavy atom. The van der Waals surface area contributed by atoms with Crippen LogP contribution in [0.3, 0.4) is 0 Å². The monoisotopic (exact) mass is 350 g/mol. The summed E-state index contributed by atoms with van der Waals surface area (Å²) in [4.78, 5) is 0.370. The maximum Gasteiger partial charge on any atom is 0.122 e. The average molecular weight is 351 g/mol. The van der Waals surface area contributed by atoms with Crippen LogP contribution in [0.1, 0.15) is 11.1 Å². The summed E-state index contributed by atoms with van der Waals surface area (Å²) in [7, 11) is 1.64. The molecule has 2 rings (SSSR count). The maximum absolute atomic E-state index is 5.76. The molecule has 3 N–H and O–H groups in total. The van der Waals surface area contributed by atoms with Crippen molar-refractivity contribution < 1.29 is 4.74 Å². The van der Waals surface area contributed by atoms with Gasteiger partial charge in [0.05, 0.1) is 7.11 Å². The van der Waals surface area contributed by atoms with E-state index in [1.807, 2.05) is 43.3 Å². The van der Waals surface area contributed by atoms with Crippen molar-refractivity contribution >= 4 is 44.5 Å². The predicted molar refractivity (Wildman–Crippen MR) is 91.0 cm³/mol. The van der Waals surface area contributed by atoms with Crippen LogP contribution in [0.25, 0.3) is 0 Å².